The topological polar surface area (TPSA) is 66.4 Å². The summed E-state index contributed by atoms with van der Waals surface area (Å²) in [7, 11) is 0. The van der Waals surface area contributed by atoms with Gasteiger partial charge in [0.2, 0.25) is 5.91 Å². The number of hydrogen-bond donors (Lipinski definition) is 2. The minimum Gasteiger partial charge on any atom is -0.480 e. The molecule has 0 bridgehead atoms. The first-order valence-corrected chi connectivity index (χ1v) is 5.68. The molecule has 2 N–H and O–H groups in total. The molecule has 1 amide bonds. The molecule has 1 spiro atoms. The molecular weight excluding hydrogens is 213 g/mol. The number of hydrogen-bond acceptors (Lipinski definition) is 2. The summed E-state index contributed by atoms with van der Waals surface area (Å²) in [6.45, 7) is -1.05. The number of carboxylic acids is 1. The summed E-state index contributed by atoms with van der Waals surface area (Å²) in [5.41, 5.74) is 0.128. The zero-order chi connectivity index (χ0) is 11.8. The second-order valence-electron chi connectivity index (χ2n) is 4.88. The molecule has 0 aromatic rings. The van der Waals surface area contributed by atoms with Gasteiger partial charge in [0.25, 0.3) is 0 Å². The Morgan fingerprint density at radius 1 is 1.44 bits per heavy atom. The average molecular weight is 229 g/mol. The van der Waals surface area contributed by atoms with Crippen LogP contribution in [0.25, 0.3) is 0 Å². The molecule has 2 fully saturated rings. The minimum absolute atomic E-state index is 0.0802. The van der Waals surface area contributed by atoms with E-state index in [0.29, 0.717) is 0 Å². The molecular formula is C11H16FNO3. The van der Waals surface area contributed by atoms with Crippen LogP contribution >= 0.6 is 0 Å². The molecule has 0 aromatic heterocycles. The van der Waals surface area contributed by atoms with Crippen LogP contribution in [0.15, 0.2) is 0 Å². The van der Waals surface area contributed by atoms with Crippen LogP contribution in [0.3, 0.4) is 0 Å². The molecule has 2 atom stereocenters. The number of rotatable bonds is 4. The lowest BCUT2D eigenvalue weighted by Gasteiger charge is -2.12. The maximum absolute atomic E-state index is 12.3. The van der Waals surface area contributed by atoms with Crippen molar-refractivity contribution in [3.8, 4) is 0 Å². The van der Waals surface area contributed by atoms with E-state index in [2.05, 4.69) is 5.32 Å². The molecule has 0 saturated heterocycles. The first-order chi connectivity index (χ1) is 7.59. The van der Waals surface area contributed by atoms with Gasteiger partial charge in [-0.3, -0.25) is 4.79 Å². The van der Waals surface area contributed by atoms with Crippen molar-refractivity contribution in [1.29, 1.82) is 0 Å². The highest BCUT2D eigenvalue weighted by molar-refractivity contribution is 5.87. The Balaban J connectivity index is 1.88. The van der Waals surface area contributed by atoms with Gasteiger partial charge in [-0.15, -0.1) is 0 Å². The molecule has 0 heterocycles. The molecule has 90 valence electrons. The molecule has 2 aliphatic rings. The minimum atomic E-state index is -1.38. The fourth-order valence-electron chi connectivity index (χ4n) is 2.79. The number of carboxylic acid groups (broad SMARTS) is 1. The van der Waals surface area contributed by atoms with E-state index in [9.17, 15) is 14.0 Å². The van der Waals surface area contributed by atoms with E-state index < -0.39 is 18.7 Å². The molecule has 4 nitrogen and oxygen atoms in total. The lowest BCUT2D eigenvalue weighted by Crippen LogP contribution is -2.43. The predicted octanol–water partition coefficient (Wildman–Crippen LogP) is 1.11. The first-order valence-electron chi connectivity index (χ1n) is 5.68. The van der Waals surface area contributed by atoms with E-state index in [1.54, 1.807) is 0 Å². The van der Waals surface area contributed by atoms with Gasteiger partial charge >= 0.3 is 5.97 Å². The molecule has 5 heteroatoms. The van der Waals surface area contributed by atoms with Gasteiger partial charge in [-0.1, -0.05) is 12.8 Å². The quantitative estimate of drug-likeness (QED) is 0.758. The highest BCUT2D eigenvalue weighted by atomic mass is 19.1. The molecule has 16 heavy (non-hydrogen) atoms. The summed E-state index contributed by atoms with van der Waals surface area (Å²) in [6.07, 6.45) is 5.25. The summed E-state index contributed by atoms with van der Waals surface area (Å²) < 4.78 is 12.3. The number of aliphatic carboxylic acids is 1. The second-order valence-corrected chi connectivity index (χ2v) is 4.88. The fourth-order valence-corrected chi connectivity index (χ4v) is 2.79. The van der Waals surface area contributed by atoms with E-state index in [4.69, 9.17) is 5.11 Å². The fraction of sp³-hybridized carbons (Fsp3) is 0.818. The third-order valence-electron chi connectivity index (χ3n) is 3.87. The van der Waals surface area contributed by atoms with Crippen LogP contribution in [0.2, 0.25) is 0 Å². The van der Waals surface area contributed by atoms with Crippen molar-refractivity contribution in [3.05, 3.63) is 0 Å². The van der Waals surface area contributed by atoms with Gasteiger partial charge < -0.3 is 10.4 Å². The zero-order valence-corrected chi connectivity index (χ0v) is 9.04. The highest BCUT2D eigenvalue weighted by Crippen LogP contribution is 2.62. The van der Waals surface area contributed by atoms with Crippen LogP contribution in [0, 0.1) is 11.3 Å². The molecule has 2 unspecified atom stereocenters. The van der Waals surface area contributed by atoms with Crippen LogP contribution in [0.5, 0.6) is 0 Å². The Kier molecular flexibility index (Phi) is 2.86. The van der Waals surface area contributed by atoms with Gasteiger partial charge in [-0.25, -0.2) is 9.18 Å². The van der Waals surface area contributed by atoms with E-state index in [1.165, 1.54) is 0 Å². The third-order valence-corrected chi connectivity index (χ3v) is 3.87. The van der Waals surface area contributed by atoms with Gasteiger partial charge in [0.1, 0.15) is 6.67 Å². The summed E-state index contributed by atoms with van der Waals surface area (Å²) in [5, 5.41) is 10.9. The number of nitrogens with one attached hydrogen (secondary N) is 1. The van der Waals surface area contributed by atoms with Crippen molar-refractivity contribution in [2.45, 2.75) is 38.1 Å². The predicted molar refractivity (Wildman–Crippen MR) is 54.5 cm³/mol. The normalized spacial score (nSPS) is 27.7. The number of halogens is 1. The Hall–Kier alpha value is -1.13. The summed E-state index contributed by atoms with van der Waals surface area (Å²) in [6, 6.07) is -1.38. The van der Waals surface area contributed by atoms with E-state index in [0.717, 1.165) is 32.1 Å². The number of carbonyl (C=O) groups excluding carboxylic acids is 1. The van der Waals surface area contributed by atoms with Gasteiger partial charge in [0.05, 0.1) is 0 Å². The molecule has 0 radical (unpaired) electrons. The number of alkyl halides is 1. The van der Waals surface area contributed by atoms with E-state index >= 15 is 0 Å². The van der Waals surface area contributed by atoms with Crippen molar-refractivity contribution in [2.75, 3.05) is 6.67 Å². The third kappa shape index (κ3) is 1.90. The lowest BCUT2D eigenvalue weighted by molar-refractivity contribution is -0.142. The van der Waals surface area contributed by atoms with E-state index in [1.807, 2.05) is 0 Å². The van der Waals surface area contributed by atoms with Gasteiger partial charge in [-0.2, -0.15) is 0 Å². The van der Waals surface area contributed by atoms with Crippen molar-refractivity contribution >= 4 is 11.9 Å². The molecule has 0 aromatic carbocycles. The zero-order valence-electron chi connectivity index (χ0n) is 9.04. The maximum Gasteiger partial charge on any atom is 0.328 e. The van der Waals surface area contributed by atoms with Gasteiger partial charge in [0.15, 0.2) is 6.04 Å². The number of carbonyl (C=O) groups is 2. The van der Waals surface area contributed by atoms with Crippen LogP contribution < -0.4 is 5.32 Å². The van der Waals surface area contributed by atoms with Crippen LogP contribution in [0.4, 0.5) is 4.39 Å². The Labute approximate surface area is 93.2 Å². The molecule has 2 saturated carbocycles. The lowest BCUT2D eigenvalue weighted by atomic mass is 10.0. The summed E-state index contributed by atoms with van der Waals surface area (Å²) in [5.74, 6) is -1.67. The summed E-state index contributed by atoms with van der Waals surface area (Å²) >= 11 is 0. The Morgan fingerprint density at radius 3 is 2.56 bits per heavy atom. The smallest absolute Gasteiger partial charge is 0.328 e. The largest absolute Gasteiger partial charge is 0.480 e. The molecule has 0 aliphatic heterocycles. The standard InChI is InChI=1S/C11H16FNO3/c12-6-8(10(15)16)13-9(14)7-5-11(7)3-1-2-4-11/h7-8H,1-6H2,(H,13,14)(H,15,16). The van der Waals surface area contributed by atoms with Gasteiger partial charge in [-0.05, 0) is 24.7 Å². The Morgan fingerprint density at radius 2 is 2.06 bits per heavy atom. The SMILES string of the molecule is O=C(O)C(CF)NC(=O)C1CC12CCCC2. The second kappa shape index (κ2) is 4.03. The molecule has 2 rings (SSSR count). The van der Waals surface area contributed by atoms with Crippen LogP contribution in [0.1, 0.15) is 32.1 Å². The van der Waals surface area contributed by atoms with Crippen molar-refractivity contribution < 1.29 is 19.1 Å². The van der Waals surface area contributed by atoms with Crippen LogP contribution in [-0.2, 0) is 9.59 Å². The van der Waals surface area contributed by atoms with Crippen molar-refractivity contribution in [2.24, 2.45) is 11.3 Å². The highest BCUT2D eigenvalue weighted by Gasteiger charge is 2.58. The van der Waals surface area contributed by atoms with Gasteiger partial charge in [0, 0.05) is 5.92 Å². The monoisotopic (exact) mass is 229 g/mol. The Bertz CT molecular complexity index is 312. The summed E-state index contributed by atoms with van der Waals surface area (Å²) in [4.78, 5) is 22.3. The van der Waals surface area contributed by atoms with Crippen LogP contribution in [-0.4, -0.2) is 29.7 Å². The first kappa shape index (κ1) is 11.4. The average Bonchev–Trinajstić information content (AvgIpc) is 2.73. The van der Waals surface area contributed by atoms with Crippen molar-refractivity contribution in [1.82, 2.24) is 5.32 Å². The van der Waals surface area contributed by atoms with E-state index in [-0.39, 0.29) is 17.2 Å². The molecule has 2 aliphatic carbocycles. The van der Waals surface area contributed by atoms with Crippen molar-refractivity contribution in [3.63, 3.8) is 0 Å². The number of amides is 1. The maximum atomic E-state index is 12.3.